The number of furan rings is 1. The van der Waals surface area contributed by atoms with Gasteiger partial charge in [0.2, 0.25) is 0 Å². The first-order valence-corrected chi connectivity index (χ1v) is 15.0. The predicted molar refractivity (Wildman–Crippen MR) is 162 cm³/mol. The topological polar surface area (TPSA) is 146 Å². The molecule has 0 N–H and O–H groups in total. The molecular formula is C32H26N2O9S. The van der Waals surface area contributed by atoms with Crippen molar-refractivity contribution in [2.75, 3.05) is 17.5 Å². The quantitative estimate of drug-likeness (QED) is 0.0962. The van der Waals surface area contributed by atoms with Crippen molar-refractivity contribution in [1.29, 1.82) is 0 Å². The van der Waals surface area contributed by atoms with E-state index in [1.165, 1.54) is 60.7 Å². The summed E-state index contributed by atoms with van der Waals surface area (Å²) in [6.45, 7) is 3.87. The van der Waals surface area contributed by atoms with Crippen molar-refractivity contribution in [2.24, 2.45) is 0 Å². The van der Waals surface area contributed by atoms with Gasteiger partial charge >= 0.3 is 5.97 Å². The number of fused-ring (bicyclic) bond motifs is 1. The summed E-state index contributed by atoms with van der Waals surface area (Å²) in [6, 6.07) is 23.2. The Morgan fingerprint density at radius 3 is 2.27 bits per heavy atom. The Morgan fingerprint density at radius 2 is 1.61 bits per heavy atom. The van der Waals surface area contributed by atoms with Crippen LogP contribution >= 0.6 is 0 Å². The van der Waals surface area contributed by atoms with Crippen LogP contribution < -0.4 is 9.04 Å². The molecule has 5 aromatic rings. The third-order valence-corrected chi connectivity index (χ3v) is 8.31. The minimum Gasteiger partial charge on any atom is -0.494 e. The van der Waals surface area contributed by atoms with Gasteiger partial charge in [-0.15, -0.1) is 0 Å². The van der Waals surface area contributed by atoms with Crippen LogP contribution in [-0.4, -0.2) is 38.4 Å². The number of benzene rings is 4. The molecule has 12 heteroatoms. The fraction of sp³-hybridized carbons (Fsp3) is 0.125. The highest BCUT2D eigenvalue weighted by molar-refractivity contribution is 7.93. The summed E-state index contributed by atoms with van der Waals surface area (Å²) in [5.74, 6) is -1.11. The third-order valence-electron chi connectivity index (χ3n) is 6.58. The Balaban J connectivity index is 1.73. The van der Waals surface area contributed by atoms with E-state index in [2.05, 4.69) is 0 Å². The van der Waals surface area contributed by atoms with E-state index in [9.17, 15) is 28.1 Å². The number of carbonyl (C=O) groups excluding carboxylic acids is 2. The molecule has 1 aromatic heterocycles. The molecule has 1 heterocycles. The van der Waals surface area contributed by atoms with Gasteiger partial charge in [-0.25, -0.2) is 13.2 Å². The molecule has 0 bridgehead atoms. The summed E-state index contributed by atoms with van der Waals surface area (Å²) in [6.07, 6.45) is 0. The summed E-state index contributed by atoms with van der Waals surface area (Å²) in [5, 5.41) is 11.6. The average molecular weight is 615 g/mol. The van der Waals surface area contributed by atoms with Crippen molar-refractivity contribution in [1.82, 2.24) is 0 Å². The smallest absolute Gasteiger partial charge is 0.342 e. The van der Waals surface area contributed by atoms with Crippen molar-refractivity contribution in [3.05, 3.63) is 118 Å². The Morgan fingerprint density at radius 1 is 0.886 bits per heavy atom. The molecule has 1 amide bonds. The zero-order valence-electron chi connectivity index (χ0n) is 23.6. The van der Waals surface area contributed by atoms with Gasteiger partial charge in [-0.2, -0.15) is 4.31 Å². The predicted octanol–water partition coefficient (Wildman–Crippen LogP) is 6.62. The second kappa shape index (κ2) is 12.4. The molecule has 0 saturated carbocycles. The van der Waals surface area contributed by atoms with E-state index in [1.807, 2.05) is 0 Å². The van der Waals surface area contributed by atoms with Gasteiger partial charge in [-0.3, -0.25) is 14.9 Å². The first-order chi connectivity index (χ1) is 21.1. The third kappa shape index (κ3) is 5.75. The minimum atomic E-state index is -4.61. The summed E-state index contributed by atoms with van der Waals surface area (Å²) in [7, 11) is -4.61. The second-order valence-corrected chi connectivity index (χ2v) is 11.1. The number of sulfonamides is 1. The average Bonchev–Trinajstić information content (AvgIpc) is 3.41. The summed E-state index contributed by atoms with van der Waals surface area (Å²) in [5.41, 5.74) is 0.120. The van der Waals surface area contributed by atoms with Gasteiger partial charge in [-0.1, -0.05) is 36.4 Å². The summed E-state index contributed by atoms with van der Waals surface area (Å²) >= 11 is 0. The van der Waals surface area contributed by atoms with E-state index in [4.69, 9.17) is 13.9 Å². The van der Waals surface area contributed by atoms with Crippen LogP contribution in [0.15, 0.2) is 106 Å². The molecule has 0 atom stereocenters. The number of carbonyl (C=O) groups is 2. The first-order valence-electron chi connectivity index (χ1n) is 13.5. The van der Waals surface area contributed by atoms with Crippen LogP contribution in [0.2, 0.25) is 0 Å². The lowest BCUT2D eigenvalue weighted by Crippen LogP contribution is -2.37. The van der Waals surface area contributed by atoms with Crippen molar-refractivity contribution >= 4 is 44.2 Å². The molecule has 0 aliphatic rings. The van der Waals surface area contributed by atoms with Gasteiger partial charge in [0.1, 0.15) is 22.7 Å². The van der Waals surface area contributed by atoms with Crippen molar-refractivity contribution in [2.45, 2.75) is 18.7 Å². The molecule has 0 aliphatic carbocycles. The Kier molecular flexibility index (Phi) is 8.45. The monoisotopic (exact) mass is 614 g/mol. The standard InChI is InChI=1S/C32H26N2O9S/c1-3-41-25-14-16-26(17-15-25)44(39,40)33(31(35)22-11-8-12-24(19-22)34(37)38)23-13-18-28-27(20-23)29(32(36)42-4-2)30(43-28)21-9-6-5-7-10-21/h5-20H,3-4H2,1-2H3. The Labute approximate surface area is 252 Å². The van der Waals surface area contributed by atoms with E-state index >= 15 is 0 Å². The number of hydrogen-bond donors (Lipinski definition) is 0. The summed E-state index contributed by atoms with van der Waals surface area (Å²) < 4.78 is 45.6. The molecular weight excluding hydrogens is 588 g/mol. The van der Waals surface area contributed by atoms with Crippen LogP contribution in [0.5, 0.6) is 5.75 Å². The number of esters is 1. The number of amides is 1. The highest BCUT2D eigenvalue weighted by Gasteiger charge is 2.34. The second-order valence-electron chi connectivity index (χ2n) is 9.36. The van der Waals surface area contributed by atoms with Gasteiger partial charge in [-0.05, 0) is 62.4 Å². The van der Waals surface area contributed by atoms with Gasteiger partial charge in [0, 0.05) is 28.6 Å². The molecule has 11 nitrogen and oxygen atoms in total. The van der Waals surface area contributed by atoms with Crippen LogP contribution in [0.4, 0.5) is 11.4 Å². The number of ether oxygens (including phenoxy) is 2. The number of nitro benzene ring substituents is 1. The maximum Gasteiger partial charge on any atom is 0.342 e. The Bertz CT molecular complexity index is 1970. The number of rotatable bonds is 10. The molecule has 5 rings (SSSR count). The summed E-state index contributed by atoms with van der Waals surface area (Å²) in [4.78, 5) is 37.7. The number of non-ortho nitro benzene ring substituents is 1. The van der Waals surface area contributed by atoms with Crippen LogP contribution in [0, 0.1) is 10.1 Å². The SMILES string of the molecule is CCOC(=O)c1c(-c2ccccc2)oc2ccc(N(C(=O)c3cccc([N+](=O)[O-])c3)S(=O)(=O)c3ccc(OCC)cc3)cc12. The fourth-order valence-corrected chi connectivity index (χ4v) is 6.03. The van der Waals surface area contributed by atoms with E-state index < -0.39 is 32.5 Å². The minimum absolute atomic E-state index is 0.0520. The number of nitro groups is 1. The highest BCUT2D eigenvalue weighted by atomic mass is 32.2. The van der Waals surface area contributed by atoms with Crippen molar-refractivity contribution in [3.8, 4) is 17.1 Å². The van der Waals surface area contributed by atoms with Gasteiger partial charge in [0.05, 0.1) is 28.7 Å². The van der Waals surface area contributed by atoms with Crippen LogP contribution in [-0.2, 0) is 14.8 Å². The lowest BCUT2D eigenvalue weighted by atomic mass is 10.1. The molecule has 224 valence electrons. The molecule has 4 aromatic carbocycles. The number of hydrogen-bond acceptors (Lipinski definition) is 9. The van der Waals surface area contributed by atoms with Gasteiger partial charge in [0.25, 0.3) is 21.6 Å². The van der Waals surface area contributed by atoms with E-state index in [1.54, 1.807) is 44.2 Å². The first kappa shape index (κ1) is 30.0. The van der Waals surface area contributed by atoms with E-state index in [0.29, 0.717) is 22.2 Å². The van der Waals surface area contributed by atoms with E-state index in [0.717, 1.165) is 6.07 Å². The largest absolute Gasteiger partial charge is 0.494 e. The normalized spacial score (nSPS) is 11.2. The van der Waals surface area contributed by atoms with Crippen LogP contribution in [0.3, 0.4) is 0 Å². The zero-order chi connectivity index (χ0) is 31.4. The molecule has 0 radical (unpaired) electrons. The lowest BCUT2D eigenvalue weighted by molar-refractivity contribution is -0.384. The molecule has 0 fully saturated rings. The lowest BCUT2D eigenvalue weighted by Gasteiger charge is -2.23. The maximum absolute atomic E-state index is 14.1. The number of anilines is 1. The van der Waals surface area contributed by atoms with Crippen molar-refractivity contribution in [3.63, 3.8) is 0 Å². The van der Waals surface area contributed by atoms with Crippen molar-refractivity contribution < 1.29 is 36.8 Å². The number of nitrogens with zero attached hydrogens (tertiary/aromatic N) is 2. The fourth-order valence-electron chi connectivity index (χ4n) is 4.63. The van der Waals surface area contributed by atoms with Crippen LogP contribution in [0.25, 0.3) is 22.3 Å². The molecule has 0 unspecified atom stereocenters. The zero-order valence-corrected chi connectivity index (χ0v) is 24.4. The maximum atomic E-state index is 14.1. The Hall–Kier alpha value is -5.49. The molecule has 0 saturated heterocycles. The van der Waals surface area contributed by atoms with Gasteiger partial charge < -0.3 is 13.9 Å². The molecule has 0 aliphatic heterocycles. The van der Waals surface area contributed by atoms with Gasteiger partial charge in [0.15, 0.2) is 0 Å². The highest BCUT2D eigenvalue weighted by Crippen LogP contribution is 2.38. The van der Waals surface area contributed by atoms with Crippen LogP contribution in [0.1, 0.15) is 34.6 Å². The molecule has 0 spiro atoms. The molecule has 44 heavy (non-hydrogen) atoms. The van der Waals surface area contributed by atoms with E-state index in [-0.39, 0.29) is 45.0 Å².